The number of dihydropyridines is 1. The third kappa shape index (κ3) is 4.95. The summed E-state index contributed by atoms with van der Waals surface area (Å²) in [6.07, 6.45) is 2.41. The van der Waals surface area contributed by atoms with Crippen LogP contribution in [-0.2, 0) is 4.74 Å². The van der Waals surface area contributed by atoms with Crippen LogP contribution in [0.5, 0.6) is 0 Å². The molecular formula is C15H23F3N2O. The van der Waals surface area contributed by atoms with Gasteiger partial charge in [-0.1, -0.05) is 0 Å². The van der Waals surface area contributed by atoms with E-state index in [1.807, 2.05) is 23.3 Å². The molecule has 2 aliphatic rings. The number of hydrogen-bond acceptors (Lipinski definition) is 3. The number of allylic oxidation sites excluding steroid dienone is 2. The number of alkyl halides is 3. The zero-order valence-corrected chi connectivity index (χ0v) is 12.5. The average molecular weight is 304 g/mol. The van der Waals surface area contributed by atoms with E-state index in [1.165, 1.54) is 0 Å². The predicted molar refractivity (Wildman–Crippen MR) is 75.7 cm³/mol. The molecule has 2 aliphatic heterocycles. The molecule has 2 heterocycles. The Kier molecular flexibility index (Phi) is 4.86. The molecule has 2 rings (SSSR count). The number of piperidine rings is 1. The average Bonchev–Trinajstić information content (AvgIpc) is 2.38. The lowest BCUT2D eigenvalue weighted by molar-refractivity contribution is -0.161. The molecule has 21 heavy (non-hydrogen) atoms. The normalized spacial score (nSPS) is 21.9. The second-order valence-electron chi connectivity index (χ2n) is 6.28. The molecule has 1 N–H and O–H groups in total. The van der Waals surface area contributed by atoms with Crippen molar-refractivity contribution in [2.45, 2.75) is 50.9 Å². The van der Waals surface area contributed by atoms with E-state index in [0.29, 0.717) is 19.6 Å². The van der Waals surface area contributed by atoms with Crippen molar-refractivity contribution >= 4 is 0 Å². The van der Waals surface area contributed by atoms with E-state index in [0.717, 1.165) is 18.6 Å². The standard InChI is InChI=1S/C15H23F3N2O/c1-14(2,11-15(16,17)18)20-8-5-12(6-9-20)21-13-4-3-7-19-10-13/h3-4,7,12,19H,5-6,8-11H2,1-2H3. The summed E-state index contributed by atoms with van der Waals surface area (Å²) in [5.41, 5.74) is -0.850. The number of nitrogens with zero attached hydrogens (tertiary/aromatic N) is 1. The minimum atomic E-state index is -4.12. The van der Waals surface area contributed by atoms with Crippen molar-refractivity contribution < 1.29 is 17.9 Å². The molecule has 0 aromatic rings. The molecule has 0 radical (unpaired) electrons. The number of halogens is 3. The molecule has 6 heteroatoms. The topological polar surface area (TPSA) is 24.5 Å². The van der Waals surface area contributed by atoms with Gasteiger partial charge in [-0.2, -0.15) is 13.2 Å². The van der Waals surface area contributed by atoms with Crippen molar-refractivity contribution in [3.63, 3.8) is 0 Å². The van der Waals surface area contributed by atoms with E-state index in [4.69, 9.17) is 4.74 Å². The highest BCUT2D eigenvalue weighted by Gasteiger charge is 2.41. The molecule has 0 atom stereocenters. The van der Waals surface area contributed by atoms with E-state index in [-0.39, 0.29) is 6.10 Å². The number of hydrogen-bond donors (Lipinski definition) is 1. The van der Waals surface area contributed by atoms with E-state index in [1.54, 1.807) is 13.8 Å². The maximum Gasteiger partial charge on any atom is 0.390 e. The molecule has 120 valence electrons. The van der Waals surface area contributed by atoms with Gasteiger partial charge < -0.3 is 10.1 Å². The summed E-state index contributed by atoms with van der Waals surface area (Å²) >= 11 is 0. The zero-order valence-electron chi connectivity index (χ0n) is 12.5. The van der Waals surface area contributed by atoms with Gasteiger partial charge in [-0.3, -0.25) is 4.90 Å². The van der Waals surface area contributed by atoms with Gasteiger partial charge in [-0.15, -0.1) is 0 Å². The third-order valence-corrected chi connectivity index (χ3v) is 4.02. The van der Waals surface area contributed by atoms with Crippen LogP contribution in [0, 0.1) is 0 Å². The Morgan fingerprint density at radius 1 is 1.29 bits per heavy atom. The SMILES string of the molecule is CC(C)(CC(F)(F)F)N1CCC(OC2=CC=CNC2)CC1. The first-order chi connectivity index (χ1) is 9.76. The van der Waals surface area contributed by atoms with E-state index in [2.05, 4.69) is 5.32 Å². The lowest BCUT2D eigenvalue weighted by Gasteiger charge is -2.43. The molecular weight excluding hydrogens is 281 g/mol. The summed E-state index contributed by atoms with van der Waals surface area (Å²) < 4.78 is 43.8. The Morgan fingerprint density at radius 2 is 1.95 bits per heavy atom. The molecule has 0 aromatic carbocycles. The first-order valence-corrected chi connectivity index (χ1v) is 7.34. The highest BCUT2D eigenvalue weighted by Crippen LogP contribution is 2.33. The van der Waals surface area contributed by atoms with Crippen LogP contribution in [0.3, 0.4) is 0 Å². The summed E-state index contributed by atoms with van der Waals surface area (Å²) in [6, 6.07) is 0. The van der Waals surface area contributed by atoms with E-state index in [9.17, 15) is 13.2 Å². The van der Waals surface area contributed by atoms with Gasteiger partial charge in [-0.25, -0.2) is 0 Å². The quantitative estimate of drug-likeness (QED) is 0.863. The number of likely N-dealkylation sites (tertiary alicyclic amines) is 1. The van der Waals surface area contributed by atoms with Gasteiger partial charge in [0.25, 0.3) is 0 Å². The van der Waals surface area contributed by atoms with Crippen LogP contribution in [0.25, 0.3) is 0 Å². The fourth-order valence-corrected chi connectivity index (χ4v) is 2.92. The lowest BCUT2D eigenvalue weighted by Crippen LogP contribution is -2.51. The van der Waals surface area contributed by atoms with Crippen LogP contribution < -0.4 is 5.32 Å². The number of ether oxygens (including phenoxy) is 1. The first kappa shape index (κ1) is 16.2. The van der Waals surface area contributed by atoms with Gasteiger partial charge in [-0.05, 0) is 45.0 Å². The van der Waals surface area contributed by atoms with Crippen molar-refractivity contribution in [2.75, 3.05) is 19.6 Å². The maximum absolute atomic E-state index is 12.6. The van der Waals surface area contributed by atoms with Crippen molar-refractivity contribution in [3.8, 4) is 0 Å². The predicted octanol–water partition coefficient (Wildman–Crippen LogP) is 3.20. The van der Waals surface area contributed by atoms with Crippen molar-refractivity contribution in [1.29, 1.82) is 0 Å². The molecule has 0 bridgehead atoms. The molecule has 0 amide bonds. The molecule has 0 aliphatic carbocycles. The molecule has 1 fully saturated rings. The van der Waals surface area contributed by atoms with E-state index >= 15 is 0 Å². The Bertz CT molecular complexity index is 408. The summed E-state index contributed by atoms with van der Waals surface area (Å²) in [5.74, 6) is 0.894. The van der Waals surface area contributed by atoms with Crippen molar-refractivity contribution in [3.05, 3.63) is 24.1 Å². The molecule has 0 spiro atoms. The molecule has 0 saturated carbocycles. The van der Waals surface area contributed by atoms with Crippen LogP contribution >= 0.6 is 0 Å². The Morgan fingerprint density at radius 3 is 2.48 bits per heavy atom. The molecule has 3 nitrogen and oxygen atoms in total. The second kappa shape index (κ2) is 6.30. The smallest absolute Gasteiger partial charge is 0.390 e. The minimum absolute atomic E-state index is 0.0995. The van der Waals surface area contributed by atoms with Crippen molar-refractivity contribution in [1.82, 2.24) is 10.2 Å². The van der Waals surface area contributed by atoms with Crippen LogP contribution in [0.2, 0.25) is 0 Å². The molecule has 0 aromatic heterocycles. The highest BCUT2D eigenvalue weighted by atomic mass is 19.4. The molecule has 1 saturated heterocycles. The van der Waals surface area contributed by atoms with Gasteiger partial charge in [0.05, 0.1) is 13.0 Å². The maximum atomic E-state index is 12.6. The highest BCUT2D eigenvalue weighted by molar-refractivity contribution is 5.13. The zero-order chi connectivity index (χ0) is 15.5. The monoisotopic (exact) mass is 304 g/mol. The fourth-order valence-electron chi connectivity index (χ4n) is 2.92. The Balaban J connectivity index is 1.82. The third-order valence-electron chi connectivity index (χ3n) is 4.02. The van der Waals surface area contributed by atoms with Crippen molar-refractivity contribution in [2.24, 2.45) is 0 Å². The Labute approximate surface area is 123 Å². The number of rotatable bonds is 4. The van der Waals surface area contributed by atoms with Gasteiger partial charge in [0, 0.05) is 18.6 Å². The Hall–Kier alpha value is -1.17. The fraction of sp³-hybridized carbons (Fsp3) is 0.733. The second-order valence-corrected chi connectivity index (χ2v) is 6.28. The lowest BCUT2D eigenvalue weighted by atomic mass is 9.94. The largest absolute Gasteiger partial charge is 0.493 e. The van der Waals surface area contributed by atoms with Gasteiger partial charge in [0.15, 0.2) is 0 Å². The van der Waals surface area contributed by atoms with Gasteiger partial charge in [0.1, 0.15) is 11.9 Å². The van der Waals surface area contributed by atoms with E-state index < -0.39 is 18.1 Å². The van der Waals surface area contributed by atoms with Crippen LogP contribution in [0.1, 0.15) is 33.1 Å². The van der Waals surface area contributed by atoms with Gasteiger partial charge >= 0.3 is 6.18 Å². The number of nitrogens with one attached hydrogen (secondary N) is 1. The van der Waals surface area contributed by atoms with Crippen LogP contribution in [0.4, 0.5) is 13.2 Å². The van der Waals surface area contributed by atoms with Crippen LogP contribution in [-0.4, -0.2) is 42.4 Å². The summed E-state index contributed by atoms with van der Waals surface area (Å²) in [7, 11) is 0. The first-order valence-electron chi connectivity index (χ1n) is 7.34. The minimum Gasteiger partial charge on any atom is -0.493 e. The van der Waals surface area contributed by atoms with Crippen LogP contribution in [0.15, 0.2) is 24.1 Å². The summed E-state index contributed by atoms with van der Waals surface area (Å²) in [6.45, 7) is 5.30. The van der Waals surface area contributed by atoms with Gasteiger partial charge in [0.2, 0.25) is 0 Å². The summed E-state index contributed by atoms with van der Waals surface area (Å²) in [5, 5.41) is 3.07. The summed E-state index contributed by atoms with van der Waals surface area (Å²) in [4.78, 5) is 1.92. The molecule has 0 unspecified atom stereocenters.